The van der Waals surface area contributed by atoms with Crippen LogP contribution in [0.15, 0.2) is 73.3 Å². The van der Waals surface area contributed by atoms with Gasteiger partial charge in [0.15, 0.2) is 5.82 Å². The summed E-state index contributed by atoms with van der Waals surface area (Å²) in [7, 11) is 0. The van der Waals surface area contributed by atoms with Gasteiger partial charge in [-0.05, 0) is 46.7 Å². The van der Waals surface area contributed by atoms with Gasteiger partial charge in [-0.1, -0.05) is 36.4 Å². The van der Waals surface area contributed by atoms with Crippen molar-refractivity contribution in [2.24, 2.45) is 0 Å². The van der Waals surface area contributed by atoms with Gasteiger partial charge in [0, 0.05) is 30.5 Å². The molecule has 0 unspecified atom stereocenters. The first-order valence-corrected chi connectivity index (χ1v) is 11.3. The van der Waals surface area contributed by atoms with Gasteiger partial charge in [0.2, 0.25) is 0 Å². The number of aryl methyl sites for hydroxylation is 1. The third-order valence-corrected chi connectivity index (χ3v) is 5.82. The summed E-state index contributed by atoms with van der Waals surface area (Å²) in [4.78, 5) is 16.9. The van der Waals surface area contributed by atoms with E-state index >= 15 is 0 Å². The van der Waals surface area contributed by atoms with Crippen molar-refractivity contribution in [1.29, 1.82) is 0 Å². The molecule has 0 aliphatic rings. The van der Waals surface area contributed by atoms with Crippen LogP contribution in [0.5, 0.6) is 0 Å². The van der Waals surface area contributed by atoms with Gasteiger partial charge in [-0.2, -0.15) is 10.2 Å². The van der Waals surface area contributed by atoms with Crippen LogP contribution >= 0.6 is 0 Å². The lowest BCUT2D eigenvalue weighted by Gasteiger charge is -2.07. The number of fused-ring (bicyclic) bond motifs is 1. The second kappa shape index (κ2) is 9.30. The van der Waals surface area contributed by atoms with Gasteiger partial charge < -0.3 is 16.8 Å². The van der Waals surface area contributed by atoms with Crippen LogP contribution in [-0.4, -0.2) is 30.5 Å². The van der Waals surface area contributed by atoms with Crippen LogP contribution in [0.25, 0.3) is 10.8 Å². The Morgan fingerprint density at radius 2 is 1.63 bits per heavy atom. The summed E-state index contributed by atoms with van der Waals surface area (Å²) in [6, 6.07) is 15.9. The zero-order valence-electron chi connectivity index (χ0n) is 19.3. The molecule has 9 heteroatoms. The lowest BCUT2D eigenvalue weighted by Crippen LogP contribution is -2.23. The number of nitrogens with zero attached hydrogens (tertiary/aromatic N) is 5. The quantitative estimate of drug-likeness (QED) is 0.338. The minimum atomic E-state index is -0.270. The molecule has 0 aliphatic carbocycles. The number of nitrogens with two attached hydrogens (primary N) is 2. The van der Waals surface area contributed by atoms with Crippen molar-refractivity contribution in [3.05, 3.63) is 101 Å². The van der Waals surface area contributed by atoms with Crippen molar-refractivity contribution >= 4 is 28.3 Å². The summed E-state index contributed by atoms with van der Waals surface area (Å²) in [5.41, 5.74) is 16.6. The second-order valence-electron chi connectivity index (χ2n) is 8.59. The molecule has 0 radical (unpaired) electrons. The van der Waals surface area contributed by atoms with E-state index in [1.807, 2.05) is 60.4 Å². The molecule has 3 heterocycles. The van der Waals surface area contributed by atoms with E-state index in [1.54, 1.807) is 17.1 Å². The molecule has 5 N–H and O–H groups in total. The number of hydrogen-bond donors (Lipinski definition) is 3. The smallest absolute Gasteiger partial charge is 0.256 e. The minimum absolute atomic E-state index is 0.200. The summed E-state index contributed by atoms with van der Waals surface area (Å²) >= 11 is 0. The number of aromatic nitrogens is 5. The zero-order valence-corrected chi connectivity index (χ0v) is 19.3. The molecule has 0 saturated carbocycles. The van der Waals surface area contributed by atoms with E-state index in [4.69, 9.17) is 11.5 Å². The van der Waals surface area contributed by atoms with Gasteiger partial charge in [0.05, 0.1) is 19.3 Å². The highest BCUT2D eigenvalue weighted by molar-refractivity contribution is 5.98. The number of carbonyl (C=O) groups excluding carboxylic acids is 1. The molecule has 2 aromatic carbocycles. The van der Waals surface area contributed by atoms with E-state index in [0.717, 1.165) is 33.0 Å². The molecule has 35 heavy (non-hydrogen) atoms. The number of anilines is 2. The van der Waals surface area contributed by atoms with E-state index < -0.39 is 0 Å². The number of amides is 1. The van der Waals surface area contributed by atoms with Crippen LogP contribution in [0.2, 0.25) is 0 Å². The SMILES string of the molecule is Cc1cnn(Cc2ccc(Cn3cc(C(=O)NCc4ccc5c(N)nccc5c4)c(N)n3)cc2)c1. The number of nitrogens with one attached hydrogen (secondary N) is 1. The maximum atomic E-state index is 12.8. The molecule has 5 rings (SSSR count). The Hall–Kier alpha value is -4.66. The molecule has 0 aliphatic heterocycles. The Morgan fingerprint density at radius 3 is 2.34 bits per heavy atom. The third kappa shape index (κ3) is 4.98. The van der Waals surface area contributed by atoms with Gasteiger partial charge in [0.1, 0.15) is 11.4 Å². The molecule has 1 amide bonds. The molecule has 3 aromatic heterocycles. The van der Waals surface area contributed by atoms with E-state index in [0.29, 0.717) is 31.0 Å². The molecule has 0 bridgehead atoms. The fourth-order valence-electron chi connectivity index (χ4n) is 4.01. The van der Waals surface area contributed by atoms with Crippen molar-refractivity contribution in [1.82, 2.24) is 29.9 Å². The Balaban J connectivity index is 1.21. The molecular formula is C26H26N8O. The normalized spacial score (nSPS) is 11.1. The third-order valence-electron chi connectivity index (χ3n) is 5.82. The van der Waals surface area contributed by atoms with Crippen LogP contribution < -0.4 is 16.8 Å². The minimum Gasteiger partial charge on any atom is -0.383 e. The summed E-state index contributed by atoms with van der Waals surface area (Å²) in [6.07, 6.45) is 7.21. The lowest BCUT2D eigenvalue weighted by atomic mass is 10.1. The van der Waals surface area contributed by atoms with Gasteiger partial charge >= 0.3 is 0 Å². The highest BCUT2D eigenvalue weighted by Gasteiger charge is 2.14. The fourth-order valence-corrected chi connectivity index (χ4v) is 4.01. The molecule has 0 fully saturated rings. The number of nitrogen functional groups attached to an aromatic ring is 2. The average molecular weight is 467 g/mol. The number of benzene rings is 2. The van der Waals surface area contributed by atoms with E-state index in [1.165, 1.54) is 0 Å². The van der Waals surface area contributed by atoms with Crippen LogP contribution in [0.4, 0.5) is 11.6 Å². The molecular weight excluding hydrogens is 440 g/mol. The molecule has 5 aromatic rings. The first-order chi connectivity index (χ1) is 16.9. The van der Waals surface area contributed by atoms with Crippen molar-refractivity contribution in [3.8, 4) is 0 Å². The maximum Gasteiger partial charge on any atom is 0.256 e. The van der Waals surface area contributed by atoms with Crippen molar-refractivity contribution in [2.75, 3.05) is 11.5 Å². The van der Waals surface area contributed by atoms with Crippen molar-refractivity contribution in [2.45, 2.75) is 26.6 Å². The highest BCUT2D eigenvalue weighted by Crippen LogP contribution is 2.20. The van der Waals surface area contributed by atoms with Gasteiger partial charge in [-0.3, -0.25) is 14.2 Å². The second-order valence-corrected chi connectivity index (χ2v) is 8.59. The van der Waals surface area contributed by atoms with Gasteiger partial charge in [-0.15, -0.1) is 0 Å². The predicted molar refractivity (Wildman–Crippen MR) is 136 cm³/mol. The standard InChI is InChI=1S/C26H26N8O/c1-17-11-31-33(13-17)14-18-2-4-19(5-3-18)15-34-16-23(25(28)32-34)26(35)30-12-20-6-7-22-21(10-20)8-9-29-24(22)27/h2-11,13,16H,12,14-15H2,1H3,(H2,27,29)(H2,28,32)(H,30,35). The molecule has 0 saturated heterocycles. The molecule has 0 spiro atoms. The largest absolute Gasteiger partial charge is 0.383 e. The lowest BCUT2D eigenvalue weighted by molar-refractivity contribution is 0.0951. The molecule has 176 valence electrons. The fraction of sp³-hybridized carbons (Fsp3) is 0.154. The van der Waals surface area contributed by atoms with Crippen LogP contribution in [-0.2, 0) is 19.6 Å². The van der Waals surface area contributed by atoms with Crippen molar-refractivity contribution in [3.63, 3.8) is 0 Å². The summed E-state index contributed by atoms with van der Waals surface area (Å²) in [5, 5.41) is 13.4. The maximum absolute atomic E-state index is 12.8. The van der Waals surface area contributed by atoms with Crippen LogP contribution in [0, 0.1) is 6.92 Å². The Labute approximate surface area is 202 Å². The van der Waals surface area contributed by atoms with Crippen LogP contribution in [0.3, 0.4) is 0 Å². The van der Waals surface area contributed by atoms with Gasteiger partial charge in [0.25, 0.3) is 5.91 Å². The van der Waals surface area contributed by atoms with Crippen molar-refractivity contribution < 1.29 is 4.79 Å². The van der Waals surface area contributed by atoms with E-state index in [2.05, 4.69) is 32.6 Å². The van der Waals surface area contributed by atoms with Gasteiger partial charge in [-0.25, -0.2) is 4.98 Å². The Kier molecular flexibility index (Phi) is 5.88. The predicted octanol–water partition coefficient (Wildman–Crippen LogP) is 3.13. The summed E-state index contributed by atoms with van der Waals surface area (Å²) < 4.78 is 3.59. The monoisotopic (exact) mass is 466 g/mol. The number of rotatable bonds is 7. The van der Waals surface area contributed by atoms with Crippen LogP contribution in [0.1, 0.15) is 32.6 Å². The van der Waals surface area contributed by atoms with E-state index in [9.17, 15) is 4.79 Å². The number of pyridine rings is 1. The number of carbonyl (C=O) groups is 1. The Morgan fingerprint density at radius 1 is 0.914 bits per heavy atom. The molecule has 9 nitrogen and oxygen atoms in total. The zero-order chi connectivity index (χ0) is 24.4. The number of hydrogen-bond acceptors (Lipinski definition) is 6. The van der Waals surface area contributed by atoms with E-state index in [-0.39, 0.29) is 11.7 Å². The first-order valence-electron chi connectivity index (χ1n) is 11.3. The summed E-state index contributed by atoms with van der Waals surface area (Å²) in [5.74, 6) is 0.416. The summed E-state index contributed by atoms with van der Waals surface area (Å²) in [6.45, 7) is 3.61. The molecule has 0 atom stereocenters. The Bertz CT molecular complexity index is 1500. The average Bonchev–Trinajstić information content (AvgIpc) is 3.43. The first kappa shape index (κ1) is 22.1. The highest BCUT2D eigenvalue weighted by atomic mass is 16.1. The topological polar surface area (TPSA) is 130 Å².